The molecule has 0 bridgehead atoms. The van der Waals surface area contributed by atoms with Crippen LogP contribution in [-0.2, 0) is 0 Å². The van der Waals surface area contributed by atoms with E-state index in [2.05, 4.69) is 0 Å². The van der Waals surface area contributed by atoms with Gasteiger partial charge in [-0.25, -0.2) is 0 Å². The number of ether oxygens (including phenoxy) is 1. The maximum absolute atomic E-state index is 6.08. The Morgan fingerprint density at radius 2 is 0.542 bits per heavy atom. The molecule has 126 valence electrons. The predicted octanol–water partition coefficient (Wildman–Crippen LogP) is 7.13. The van der Waals surface area contributed by atoms with E-state index in [0.717, 1.165) is 0 Å². The van der Waals surface area contributed by atoms with Crippen LogP contribution in [0.5, 0.6) is 11.5 Å². The number of rotatable bonds is 2. The van der Waals surface area contributed by atoms with Crippen molar-refractivity contribution in [3.63, 3.8) is 0 Å². The fourth-order valence-electron chi connectivity index (χ4n) is 1.45. The van der Waals surface area contributed by atoms with Crippen LogP contribution in [-0.4, -0.2) is 0 Å². The van der Waals surface area contributed by atoms with E-state index >= 15 is 0 Å². The van der Waals surface area contributed by atoms with Crippen molar-refractivity contribution in [3.8, 4) is 11.5 Å². The standard InChI is InChI=1S/C12Cl10O.Na.H/c13-1-3(15)7(19)11(8(20)4(1)16)23-12-9(21)5(17)2(14)6(18)10(12)22;;/q;+1;-1. The van der Waals surface area contributed by atoms with Gasteiger partial charge in [-0.2, -0.15) is 0 Å². The van der Waals surface area contributed by atoms with Gasteiger partial charge in [0.05, 0.1) is 30.1 Å². The molecule has 0 aliphatic heterocycles. The van der Waals surface area contributed by atoms with E-state index in [4.69, 9.17) is 121 Å². The second kappa shape index (κ2) is 9.56. The van der Waals surface area contributed by atoms with Gasteiger partial charge in [0.1, 0.15) is 20.1 Å². The molecule has 12 heteroatoms. The second-order valence-corrected chi connectivity index (χ2v) is 7.68. The van der Waals surface area contributed by atoms with Crippen molar-refractivity contribution in [1.29, 1.82) is 0 Å². The van der Waals surface area contributed by atoms with E-state index < -0.39 is 0 Å². The minimum absolute atomic E-state index is 0. The van der Waals surface area contributed by atoms with Crippen LogP contribution in [0, 0.1) is 0 Å². The van der Waals surface area contributed by atoms with Gasteiger partial charge < -0.3 is 6.16 Å². The zero-order valence-electron chi connectivity index (χ0n) is 12.2. The summed E-state index contributed by atoms with van der Waals surface area (Å²) in [6.45, 7) is 0. The van der Waals surface area contributed by atoms with Crippen LogP contribution in [0.2, 0.25) is 50.2 Å². The molecule has 0 unspecified atom stereocenters. The molecule has 2 rings (SSSR count). The van der Waals surface area contributed by atoms with Gasteiger partial charge in [-0.3, -0.25) is 0 Å². The summed E-state index contributed by atoms with van der Waals surface area (Å²) in [7, 11) is 0. The van der Waals surface area contributed by atoms with Crippen LogP contribution in [0.15, 0.2) is 0 Å². The average Bonchev–Trinajstić information content (AvgIpc) is 2.54. The molecule has 0 aliphatic rings. The van der Waals surface area contributed by atoms with Gasteiger partial charge in [-0.1, -0.05) is 116 Å². The van der Waals surface area contributed by atoms with Crippen molar-refractivity contribution in [2.24, 2.45) is 0 Å². The second-order valence-electron chi connectivity index (χ2n) is 3.90. The topological polar surface area (TPSA) is 9.23 Å². The molecule has 2 aromatic rings. The van der Waals surface area contributed by atoms with Gasteiger partial charge >= 0.3 is 29.6 Å². The van der Waals surface area contributed by atoms with Gasteiger partial charge in [0.15, 0.2) is 11.5 Å². The summed E-state index contributed by atoms with van der Waals surface area (Å²) in [6.07, 6.45) is 0. The molecule has 0 spiro atoms. The Hall–Kier alpha value is 2.14. The Kier molecular flexibility index (Phi) is 9.63. The largest absolute Gasteiger partial charge is 1.00 e. The first kappa shape index (κ1) is 24.2. The Morgan fingerprint density at radius 1 is 0.375 bits per heavy atom. The van der Waals surface area contributed by atoms with Crippen molar-refractivity contribution in [1.82, 2.24) is 0 Å². The van der Waals surface area contributed by atoms with E-state index in [9.17, 15) is 0 Å². The number of hydrogen-bond acceptors (Lipinski definition) is 1. The molecule has 0 saturated carbocycles. The fourth-order valence-corrected chi connectivity index (χ4v) is 3.85. The van der Waals surface area contributed by atoms with Gasteiger partial charge in [0.25, 0.3) is 0 Å². The van der Waals surface area contributed by atoms with Crippen molar-refractivity contribution < 1.29 is 35.7 Å². The Balaban J connectivity index is 0.00000288. The zero-order chi connectivity index (χ0) is 17.6. The van der Waals surface area contributed by atoms with Gasteiger partial charge in [0, 0.05) is 0 Å². The summed E-state index contributed by atoms with van der Waals surface area (Å²) in [5.41, 5.74) is 0. The molecule has 0 saturated heterocycles. The fraction of sp³-hybridized carbons (Fsp3) is 0. The van der Waals surface area contributed by atoms with Gasteiger partial charge in [-0.15, -0.1) is 0 Å². The van der Waals surface area contributed by atoms with E-state index in [1.807, 2.05) is 0 Å². The van der Waals surface area contributed by atoms with E-state index in [-0.39, 0.29) is 92.7 Å². The Labute approximate surface area is 211 Å². The summed E-state index contributed by atoms with van der Waals surface area (Å²) < 4.78 is 5.55. The Bertz CT molecular complexity index is 703. The van der Waals surface area contributed by atoms with Crippen molar-refractivity contribution in [2.75, 3.05) is 0 Å². The molecule has 0 heterocycles. The predicted molar refractivity (Wildman–Crippen MR) is 104 cm³/mol. The van der Waals surface area contributed by atoms with Crippen LogP contribution in [0.3, 0.4) is 0 Å². The Morgan fingerprint density at radius 3 is 0.750 bits per heavy atom. The first-order valence-electron chi connectivity index (χ1n) is 5.30. The van der Waals surface area contributed by atoms with Crippen molar-refractivity contribution in [2.45, 2.75) is 0 Å². The van der Waals surface area contributed by atoms with Crippen LogP contribution in [0.25, 0.3) is 0 Å². The summed E-state index contributed by atoms with van der Waals surface area (Å²) in [5, 5.41) is -0.679. The first-order chi connectivity index (χ1) is 10.6. The number of hydrogen-bond donors (Lipinski definition) is 0. The van der Waals surface area contributed by atoms with E-state index in [0.29, 0.717) is 0 Å². The average molecular weight is 539 g/mol. The third-order valence-corrected chi connectivity index (χ3v) is 7.03. The third kappa shape index (κ3) is 4.41. The SMILES string of the molecule is Clc1c(Cl)c(Cl)c(Oc2c(Cl)c(Cl)c(Cl)c(Cl)c2Cl)c(Cl)c1Cl.[H-].[Na+]. The molecule has 2 aromatic carbocycles. The summed E-state index contributed by atoms with van der Waals surface area (Å²) in [4.78, 5) is 0. The molecular formula is C12HCl10NaO. The monoisotopic (exact) mass is 534 g/mol. The van der Waals surface area contributed by atoms with Crippen molar-refractivity contribution >= 4 is 116 Å². The van der Waals surface area contributed by atoms with Crippen LogP contribution < -0.4 is 34.3 Å². The maximum Gasteiger partial charge on any atom is 1.00 e. The number of benzene rings is 2. The molecule has 0 radical (unpaired) electrons. The summed E-state index contributed by atoms with van der Waals surface area (Å²) in [5.74, 6) is -0.239. The number of halogens is 10. The molecular weight excluding hydrogens is 538 g/mol. The van der Waals surface area contributed by atoms with Crippen molar-refractivity contribution in [3.05, 3.63) is 50.2 Å². The molecule has 0 N–H and O–H groups in total. The molecule has 0 amide bonds. The molecule has 0 aliphatic carbocycles. The van der Waals surface area contributed by atoms with Crippen LogP contribution in [0.4, 0.5) is 0 Å². The van der Waals surface area contributed by atoms with E-state index in [1.165, 1.54) is 0 Å². The molecule has 0 atom stereocenters. The van der Waals surface area contributed by atoms with Gasteiger partial charge in [0.2, 0.25) is 0 Å². The van der Waals surface area contributed by atoms with Crippen LogP contribution >= 0.6 is 116 Å². The minimum atomic E-state index is -0.119. The molecule has 0 fully saturated rings. The third-order valence-electron chi connectivity index (χ3n) is 2.54. The quantitative estimate of drug-likeness (QED) is 0.225. The van der Waals surface area contributed by atoms with Crippen LogP contribution in [0.1, 0.15) is 1.43 Å². The maximum atomic E-state index is 6.08. The normalized spacial score (nSPS) is 10.6. The summed E-state index contributed by atoms with van der Waals surface area (Å²) >= 11 is 60.0. The molecule has 24 heavy (non-hydrogen) atoms. The minimum Gasteiger partial charge on any atom is -1.00 e. The van der Waals surface area contributed by atoms with Gasteiger partial charge in [-0.05, 0) is 0 Å². The molecule has 1 nitrogen and oxygen atoms in total. The zero-order valence-corrected chi connectivity index (χ0v) is 20.7. The first-order valence-corrected chi connectivity index (χ1v) is 9.08. The molecule has 0 aromatic heterocycles. The smallest absolute Gasteiger partial charge is 1.00 e. The summed E-state index contributed by atoms with van der Waals surface area (Å²) in [6, 6.07) is 0. The van der Waals surface area contributed by atoms with E-state index in [1.54, 1.807) is 0 Å².